The fraction of sp³-hybridized carbons (Fsp3) is 0.600. The Morgan fingerprint density at radius 2 is 2.00 bits per heavy atom. The summed E-state index contributed by atoms with van der Waals surface area (Å²) in [6.45, 7) is 0.504. The van der Waals surface area contributed by atoms with Crippen molar-refractivity contribution in [1.82, 2.24) is 9.97 Å². The standard InChI is InChI=1S/C10H18N4O3S/c1-11-9-8(17-2)10(14-7-13-9)12-5-4-6-18(3,15)16/h7H,4-6H2,1-3H3,(H2,11,12,13,14). The minimum absolute atomic E-state index is 0.145. The maximum absolute atomic E-state index is 11.0. The van der Waals surface area contributed by atoms with Gasteiger partial charge in [-0.15, -0.1) is 0 Å². The second kappa shape index (κ2) is 6.39. The van der Waals surface area contributed by atoms with Crippen LogP contribution in [-0.4, -0.2) is 51.1 Å². The van der Waals surface area contributed by atoms with Gasteiger partial charge in [0.2, 0.25) is 5.75 Å². The van der Waals surface area contributed by atoms with Crippen LogP contribution in [0.4, 0.5) is 11.6 Å². The molecule has 0 saturated carbocycles. The Balaban J connectivity index is 2.62. The molecule has 0 fully saturated rings. The van der Waals surface area contributed by atoms with Crippen LogP contribution < -0.4 is 15.4 Å². The molecule has 7 nitrogen and oxygen atoms in total. The van der Waals surface area contributed by atoms with Crippen molar-refractivity contribution in [3.8, 4) is 5.75 Å². The molecule has 0 aliphatic carbocycles. The third-order valence-corrected chi connectivity index (χ3v) is 3.26. The maximum atomic E-state index is 11.0. The number of nitrogens with zero attached hydrogens (tertiary/aromatic N) is 2. The van der Waals surface area contributed by atoms with Crippen LogP contribution >= 0.6 is 0 Å². The number of hydrogen-bond donors (Lipinski definition) is 2. The van der Waals surface area contributed by atoms with E-state index in [1.165, 1.54) is 19.7 Å². The summed E-state index contributed by atoms with van der Waals surface area (Å²) in [5, 5.41) is 5.92. The van der Waals surface area contributed by atoms with Crippen molar-refractivity contribution in [2.24, 2.45) is 0 Å². The van der Waals surface area contributed by atoms with Gasteiger partial charge >= 0.3 is 0 Å². The lowest BCUT2D eigenvalue weighted by Crippen LogP contribution is -2.12. The maximum Gasteiger partial charge on any atom is 0.204 e. The van der Waals surface area contributed by atoms with E-state index in [2.05, 4.69) is 20.6 Å². The minimum atomic E-state index is -2.92. The average molecular weight is 274 g/mol. The summed E-state index contributed by atoms with van der Waals surface area (Å²) in [5.74, 6) is 1.79. The lowest BCUT2D eigenvalue weighted by atomic mass is 10.4. The van der Waals surface area contributed by atoms with Crippen LogP contribution in [0.15, 0.2) is 6.33 Å². The molecule has 1 aromatic rings. The molecule has 1 heterocycles. The van der Waals surface area contributed by atoms with Gasteiger partial charge in [-0.25, -0.2) is 18.4 Å². The molecule has 2 N–H and O–H groups in total. The van der Waals surface area contributed by atoms with E-state index in [9.17, 15) is 8.42 Å². The first-order chi connectivity index (χ1) is 8.48. The van der Waals surface area contributed by atoms with Gasteiger partial charge in [-0.05, 0) is 6.42 Å². The van der Waals surface area contributed by atoms with Gasteiger partial charge in [0.25, 0.3) is 0 Å². The zero-order valence-corrected chi connectivity index (χ0v) is 11.5. The molecule has 18 heavy (non-hydrogen) atoms. The number of anilines is 2. The predicted octanol–water partition coefficient (Wildman–Crippen LogP) is 0.374. The van der Waals surface area contributed by atoms with Crippen molar-refractivity contribution < 1.29 is 13.2 Å². The number of rotatable bonds is 7. The van der Waals surface area contributed by atoms with Crippen molar-refractivity contribution in [3.05, 3.63) is 6.33 Å². The van der Waals surface area contributed by atoms with E-state index >= 15 is 0 Å². The molecule has 0 saturated heterocycles. The highest BCUT2D eigenvalue weighted by atomic mass is 32.2. The summed E-state index contributed by atoms with van der Waals surface area (Å²) >= 11 is 0. The molecule has 0 atom stereocenters. The van der Waals surface area contributed by atoms with Crippen molar-refractivity contribution >= 4 is 21.5 Å². The summed E-state index contributed by atoms with van der Waals surface area (Å²) in [6, 6.07) is 0. The summed E-state index contributed by atoms with van der Waals surface area (Å²) in [4.78, 5) is 8.07. The van der Waals surface area contributed by atoms with E-state index in [1.54, 1.807) is 7.05 Å². The Morgan fingerprint density at radius 3 is 2.56 bits per heavy atom. The number of ether oxygens (including phenoxy) is 1. The van der Waals surface area contributed by atoms with Gasteiger partial charge in [-0.2, -0.15) is 0 Å². The molecule has 0 spiro atoms. The molecule has 0 radical (unpaired) electrons. The van der Waals surface area contributed by atoms with Gasteiger partial charge in [0.1, 0.15) is 16.2 Å². The van der Waals surface area contributed by atoms with E-state index in [0.29, 0.717) is 30.4 Å². The predicted molar refractivity (Wildman–Crippen MR) is 70.9 cm³/mol. The molecule has 0 aliphatic rings. The zero-order chi connectivity index (χ0) is 13.6. The number of hydrogen-bond acceptors (Lipinski definition) is 7. The molecule has 0 bridgehead atoms. The third-order valence-electron chi connectivity index (χ3n) is 2.23. The van der Waals surface area contributed by atoms with Crippen LogP contribution in [0, 0.1) is 0 Å². The van der Waals surface area contributed by atoms with Crippen molar-refractivity contribution in [2.45, 2.75) is 6.42 Å². The van der Waals surface area contributed by atoms with Crippen molar-refractivity contribution in [2.75, 3.05) is 43.3 Å². The number of methoxy groups -OCH3 is 1. The summed E-state index contributed by atoms with van der Waals surface area (Å²) < 4.78 is 27.2. The second-order valence-corrected chi connectivity index (χ2v) is 6.02. The molecule has 0 aliphatic heterocycles. The van der Waals surface area contributed by atoms with Crippen LogP contribution in [0.25, 0.3) is 0 Å². The lowest BCUT2D eigenvalue weighted by molar-refractivity contribution is 0.415. The van der Waals surface area contributed by atoms with Gasteiger partial charge in [0.05, 0.1) is 12.9 Å². The molecular weight excluding hydrogens is 256 g/mol. The Hall–Kier alpha value is -1.57. The van der Waals surface area contributed by atoms with E-state index < -0.39 is 9.84 Å². The molecule has 8 heteroatoms. The monoisotopic (exact) mass is 274 g/mol. The minimum Gasteiger partial charge on any atom is -0.490 e. The first-order valence-corrected chi connectivity index (χ1v) is 7.52. The van der Waals surface area contributed by atoms with E-state index in [1.807, 2.05) is 0 Å². The van der Waals surface area contributed by atoms with Crippen LogP contribution in [0.1, 0.15) is 6.42 Å². The molecular formula is C10H18N4O3S. The molecule has 102 valence electrons. The highest BCUT2D eigenvalue weighted by molar-refractivity contribution is 7.90. The zero-order valence-electron chi connectivity index (χ0n) is 10.7. The number of aromatic nitrogens is 2. The summed E-state index contributed by atoms with van der Waals surface area (Å²) in [5.41, 5.74) is 0. The average Bonchev–Trinajstić information content (AvgIpc) is 2.32. The first kappa shape index (κ1) is 14.5. The summed E-state index contributed by atoms with van der Waals surface area (Å²) in [7, 11) is 0.340. The molecule has 0 aromatic carbocycles. The van der Waals surface area contributed by atoms with Crippen LogP contribution in [0.5, 0.6) is 5.75 Å². The Morgan fingerprint density at radius 1 is 1.33 bits per heavy atom. The van der Waals surface area contributed by atoms with Gasteiger partial charge in [0.15, 0.2) is 11.6 Å². The molecule has 1 aromatic heterocycles. The second-order valence-electron chi connectivity index (χ2n) is 3.76. The molecule has 1 rings (SSSR count). The SMILES string of the molecule is CNc1ncnc(NCCCS(C)(=O)=O)c1OC. The Kier molecular flexibility index (Phi) is 5.14. The first-order valence-electron chi connectivity index (χ1n) is 5.46. The highest BCUT2D eigenvalue weighted by Crippen LogP contribution is 2.28. The van der Waals surface area contributed by atoms with Gasteiger partial charge in [0, 0.05) is 19.8 Å². The fourth-order valence-corrected chi connectivity index (χ4v) is 2.08. The normalized spacial score (nSPS) is 11.1. The van der Waals surface area contributed by atoms with Gasteiger partial charge in [-0.3, -0.25) is 0 Å². The van der Waals surface area contributed by atoms with E-state index in [-0.39, 0.29) is 5.75 Å². The molecule has 0 unspecified atom stereocenters. The quantitative estimate of drug-likeness (QED) is 0.694. The van der Waals surface area contributed by atoms with Gasteiger partial charge in [-0.1, -0.05) is 0 Å². The fourth-order valence-electron chi connectivity index (χ4n) is 1.41. The highest BCUT2D eigenvalue weighted by Gasteiger charge is 2.10. The van der Waals surface area contributed by atoms with Crippen molar-refractivity contribution in [3.63, 3.8) is 0 Å². The summed E-state index contributed by atoms with van der Waals surface area (Å²) in [6.07, 6.45) is 3.14. The van der Waals surface area contributed by atoms with Crippen LogP contribution in [0.3, 0.4) is 0 Å². The third kappa shape index (κ3) is 4.36. The smallest absolute Gasteiger partial charge is 0.204 e. The largest absolute Gasteiger partial charge is 0.490 e. The van der Waals surface area contributed by atoms with E-state index in [0.717, 1.165) is 0 Å². The van der Waals surface area contributed by atoms with Gasteiger partial charge < -0.3 is 15.4 Å². The van der Waals surface area contributed by atoms with Crippen LogP contribution in [0.2, 0.25) is 0 Å². The lowest BCUT2D eigenvalue weighted by Gasteiger charge is -2.12. The Bertz CT molecular complexity index is 490. The van der Waals surface area contributed by atoms with Crippen LogP contribution in [-0.2, 0) is 9.84 Å². The number of nitrogens with one attached hydrogen (secondary N) is 2. The Labute approximate surface area is 107 Å². The number of sulfone groups is 1. The van der Waals surface area contributed by atoms with Crippen molar-refractivity contribution in [1.29, 1.82) is 0 Å². The topological polar surface area (TPSA) is 93.2 Å². The van der Waals surface area contributed by atoms with E-state index in [4.69, 9.17) is 4.74 Å². The molecule has 0 amide bonds.